The molecule has 0 radical (unpaired) electrons. The average molecular weight is 433 g/mol. The first-order valence-corrected chi connectivity index (χ1v) is 10.4. The molecule has 0 fully saturated rings. The highest BCUT2D eigenvalue weighted by Gasteiger charge is 2.18. The van der Waals surface area contributed by atoms with Crippen LogP contribution in [0, 0.1) is 5.41 Å². The number of likely N-dealkylation sites (N-methyl/N-ethyl adjacent to an activating group) is 1. The number of thiazole rings is 1. The summed E-state index contributed by atoms with van der Waals surface area (Å²) in [5, 5.41) is 0. The molecule has 1 aromatic carbocycles. The Balaban J connectivity index is 2.36. The third-order valence-electron chi connectivity index (χ3n) is 4.10. The fraction of sp³-hybridized carbons (Fsp3) is 0.409. The second kappa shape index (κ2) is 9.75. The molecule has 0 bridgehead atoms. The van der Waals surface area contributed by atoms with Gasteiger partial charge >= 0.3 is 0 Å². The van der Waals surface area contributed by atoms with Crippen molar-refractivity contribution in [2.24, 2.45) is 5.41 Å². The highest BCUT2D eigenvalue weighted by atomic mass is 32.1. The molecule has 0 aliphatic heterocycles. The van der Waals surface area contributed by atoms with E-state index in [0.29, 0.717) is 27.3 Å². The van der Waals surface area contributed by atoms with Crippen molar-refractivity contribution in [1.82, 2.24) is 9.88 Å². The summed E-state index contributed by atoms with van der Waals surface area (Å²) in [5.74, 6) is 0.723. The van der Waals surface area contributed by atoms with Crippen molar-refractivity contribution >= 4 is 35.2 Å². The maximum absolute atomic E-state index is 12.3. The summed E-state index contributed by atoms with van der Waals surface area (Å²) in [6.45, 7) is 7.67. The molecule has 162 valence electrons. The summed E-state index contributed by atoms with van der Waals surface area (Å²) in [6, 6.07) is 5.24. The molecule has 0 aliphatic rings. The number of ketones is 1. The van der Waals surface area contributed by atoms with Crippen LogP contribution in [0.15, 0.2) is 23.0 Å². The van der Waals surface area contributed by atoms with Gasteiger partial charge in [-0.3, -0.25) is 14.4 Å². The molecule has 0 saturated heterocycles. The predicted octanol–water partition coefficient (Wildman–Crippen LogP) is 1.53. The van der Waals surface area contributed by atoms with Gasteiger partial charge in [-0.15, -0.1) is 11.3 Å². The number of hydrogen-bond donors (Lipinski definition) is 1. The number of amides is 1. The molecule has 1 amide bonds. The molecule has 0 aliphatic carbocycles. The van der Waals surface area contributed by atoms with Gasteiger partial charge in [0.15, 0.2) is 23.9 Å². The lowest BCUT2D eigenvalue weighted by Gasteiger charge is -2.14. The number of Topliss-reactive ketones (excluding diaryl/α,β-unsaturated/α-hetero) is 1. The third kappa shape index (κ3) is 6.32. The number of H-pyrrole nitrogens is 1. The van der Waals surface area contributed by atoms with Crippen LogP contribution in [0.2, 0.25) is 0 Å². The van der Waals surface area contributed by atoms with Crippen LogP contribution in [-0.4, -0.2) is 48.9 Å². The molecule has 7 nitrogen and oxygen atoms in total. The van der Waals surface area contributed by atoms with E-state index in [1.54, 1.807) is 38.4 Å². The van der Waals surface area contributed by atoms with Crippen molar-refractivity contribution in [3.05, 3.63) is 43.3 Å². The van der Waals surface area contributed by atoms with Crippen molar-refractivity contribution < 1.29 is 19.1 Å². The van der Waals surface area contributed by atoms with Gasteiger partial charge in [0.2, 0.25) is 0 Å². The Bertz CT molecular complexity index is 1090. The lowest BCUT2D eigenvalue weighted by Crippen LogP contribution is -2.27. The molecule has 2 rings (SSSR count). The number of nitrogens with zero attached hydrogens (tertiary/aromatic N) is 1. The number of carbonyl (C=O) groups excluding carboxylic acids is 2. The van der Waals surface area contributed by atoms with Gasteiger partial charge in [-0.2, -0.15) is 0 Å². The number of benzene rings is 1. The number of carbonyl (C=O) groups is 2. The van der Waals surface area contributed by atoms with Gasteiger partial charge in [0.1, 0.15) is 0 Å². The number of aromatic nitrogens is 1. The quantitative estimate of drug-likeness (QED) is 0.717. The van der Waals surface area contributed by atoms with Crippen LogP contribution in [-0.2, 0) is 9.59 Å². The Morgan fingerprint density at radius 1 is 1.17 bits per heavy atom. The maximum Gasteiger partial charge on any atom is 0.266 e. The van der Waals surface area contributed by atoms with Crippen LogP contribution >= 0.6 is 11.3 Å². The number of rotatable bonds is 7. The average Bonchev–Trinajstić information content (AvgIpc) is 2.99. The van der Waals surface area contributed by atoms with Crippen LogP contribution in [0.1, 0.15) is 33.3 Å². The van der Waals surface area contributed by atoms with Crippen molar-refractivity contribution in [2.75, 3.05) is 27.3 Å². The van der Waals surface area contributed by atoms with E-state index < -0.39 is 5.41 Å². The van der Waals surface area contributed by atoms with E-state index in [0.717, 1.165) is 5.56 Å². The van der Waals surface area contributed by atoms with E-state index in [1.165, 1.54) is 22.3 Å². The van der Waals surface area contributed by atoms with Crippen LogP contribution in [0.4, 0.5) is 0 Å². The molecule has 1 heterocycles. The number of nitrogens with one attached hydrogen (secondary N) is 1. The summed E-state index contributed by atoms with van der Waals surface area (Å²) in [4.78, 5) is 40.4. The monoisotopic (exact) mass is 432 g/mol. The van der Waals surface area contributed by atoms with E-state index >= 15 is 0 Å². The molecule has 2 aromatic rings. The number of hydrogen-bond acceptors (Lipinski definition) is 6. The topological polar surface area (TPSA) is 88.7 Å². The van der Waals surface area contributed by atoms with Crippen molar-refractivity contribution in [3.8, 4) is 11.5 Å². The van der Waals surface area contributed by atoms with E-state index in [2.05, 4.69) is 4.98 Å². The highest BCUT2D eigenvalue weighted by Crippen LogP contribution is 2.28. The molecule has 30 heavy (non-hydrogen) atoms. The van der Waals surface area contributed by atoms with Crippen molar-refractivity contribution in [2.45, 2.75) is 27.7 Å². The first-order valence-electron chi connectivity index (χ1n) is 9.58. The maximum atomic E-state index is 12.3. The van der Waals surface area contributed by atoms with Gasteiger partial charge in [-0.25, -0.2) is 0 Å². The van der Waals surface area contributed by atoms with E-state index in [9.17, 15) is 14.4 Å². The normalized spacial score (nSPS) is 12.7. The summed E-state index contributed by atoms with van der Waals surface area (Å²) >= 11 is 1.22. The molecule has 8 heteroatoms. The van der Waals surface area contributed by atoms with Gasteiger partial charge in [-0.05, 0) is 30.7 Å². The molecule has 0 atom stereocenters. The SMILES string of the molecule is CCOc1cc(/C=c2\s/c(=C\C(=O)C(C)(C)C)[nH]c2=O)ccc1OCC(=O)N(C)C. The zero-order valence-electron chi connectivity index (χ0n) is 18.2. The molecular formula is C22H28N2O5S. The second-order valence-electron chi connectivity index (χ2n) is 7.90. The van der Waals surface area contributed by atoms with Crippen LogP contribution < -0.4 is 24.2 Å². The van der Waals surface area contributed by atoms with Crippen LogP contribution in [0.3, 0.4) is 0 Å². The fourth-order valence-corrected chi connectivity index (χ4v) is 3.17. The second-order valence-corrected chi connectivity index (χ2v) is 8.99. The molecule has 0 spiro atoms. The first-order chi connectivity index (χ1) is 14.0. The standard InChI is InChI=1S/C22H28N2O5S/c1-7-28-16-10-14(8-9-15(16)29-13-20(26)24(5)6)11-17-21(27)23-19(30-17)12-18(25)22(2,3)4/h8-12H,7,13H2,1-6H3,(H,23,27)/b17-11-,19-12-. The van der Waals surface area contributed by atoms with Gasteiger partial charge < -0.3 is 19.4 Å². The summed E-state index contributed by atoms with van der Waals surface area (Å²) < 4.78 is 12.2. The zero-order chi connectivity index (χ0) is 22.5. The van der Waals surface area contributed by atoms with Gasteiger partial charge in [-0.1, -0.05) is 26.8 Å². The number of ether oxygens (including phenoxy) is 2. The zero-order valence-corrected chi connectivity index (χ0v) is 19.0. The van der Waals surface area contributed by atoms with Crippen molar-refractivity contribution in [3.63, 3.8) is 0 Å². The fourth-order valence-electron chi connectivity index (χ4n) is 2.28. The van der Waals surface area contributed by atoms with E-state index in [4.69, 9.17) is 9.47 Å². The largest absolute Gasteiger partial charge is 0.490 e. The Hall–Kier alpha value is -2.87. The van der Waals surface area contributed by atoms with E-state index in [1.807, 2.05) is 27.7 Å². The first kappa shape index (κ1) is 23.4. The lowest BCUT2D eigenvalue weighted by molar-refractivity contribution is -0.130. The Labute approximate surface area is 179 Å². The molecule has 1 N–H and O–H groups in total. The molecular weight excluding hydrogens is 404 g/mol. The van der Waals surface area contributed by atoms with E-state index in [-0.39, 0.29) is 23.9 Å². The molecule has 0 unspecified atom stereocenters. The third-order valence-corrected chi connectivity index (χ3v) is 5.06. The van der Waals surface area contributed by atoms with Crippen LogP contribution in [0.25, 0.3) is 12.2 Å². The Morgan fingerprint density at radius 3 is 2.47 bits per heavy atom. The van der Waals surface area contributed by atoms with Crippen LogP contribution in [0.5, 0.6) is 11.5 Å². The van der Waals surface area contributed by atoms with Gasteiger partial charge in [0.05, 0.1) is 15.8 Å². The van der Waals surface area contributed by atoms with Gasteiger partial charge in [0, 0.05) is 25.6 Å². The van der Waals surface area contributed by atoms with Gasteiger partial charge in [0.25, 0.3) is 11.5 Å². The highest BCUT2D eigenvalue weighted by molar-refractivity contribution is 7.07. The molecule has 0 saturated carbocycles. The lowest BCUT2D eigenvalue weighted by atomic mass is 9.91. The summed E-state index contributed by atoms with van der Waals surface area (Å²) in [5.41, 5.74) is -0.0328. The number of aromatic amines is 1. The molecule has 1 aromatic heterocycles. The summed E-state index contributed by atoms with van der Waals surface area (Å²) in [7, 11) is 3.32. The Kier molecular flexibility index (Phi) is 7.61. The summed E-state index contributed by atoms with van der Waals surface area (Å²) in [6.07, 6.45) is 3.19. The smallest absolute Gasteiger partial charge is 0.266 e. The minimum Gasteiger partial charge on any atom is -0.490 e. The minimum absolute atomic E-state index is 0.0565. The Morgan fingerprint density at radius 2 is 1.87 bits per heavy atom. The minimum atomic E-state index is -0.513. The van der Waals surface area contributed by atoms with Crippen molar-refractivity contribution in [1.29, 1.82) is 0 Å². The predicted molar refractivity (Wildman–Crippen MR) is 118 cm³/mol.